The van der Waals surface area contributed by atoms with Crippen molar-refractivity contribution in [2.45, 2.75) is 0 Å². The lowest BCUT2D eigenvalue weighted by Crippen LogP contribution is -2.09. The van der Waals surface area contributed by atoms with Crippen LogP contribution in [-0.2, 0) is 10.3 Å². The quantitative estimate of drug-likeness (QED) is 0.658. The van der Waals surface area contributed by atoms with Gasteiger partial charge in [0.1, 0.15) is 0 Å². The van der Waals surface area contributed by atoms with Crippen LogP contribution in [0.25, 0.3) is 10.9 Å². The Kier molecular flexibility index (Phi) is 1.94. The lowest BCUT2D eigenvalue weighted by molar-refractivity contribution is 0.490. The van der Waals surface area contributed by atoms with Crippen molar-refractivity contribution in [3.05, 3.63) is 30.5 Å². The van der Waals surface area contributed by atoms with Crippen LogP contribution < -0.4 is 4.72 Å². The van der Waals surface area contributed by atoms with E-state index in [1.165, 1.54) is 6.20 Å². The minimum absolute atomic E-state index is 0.336. The van der Waals surface area contributed by atoms with Crippen LogP contribution >= 0.6 is 0 Å². The first kappa shape index (κ1) is 9.04. The molecule has 3 N–H and O–H groups in total. The highest BCUT2D eigenvalue weighted by Gasteiger charge is 2.08. The number of hydrogen-bond donors (Lipinski definition) is 3. The summed E-state index contributed by atoms with van der Waals surface area (Å²) in [7, 11) is -4.21. The van der Waals surface area contributed by atoms with Crippen molar-refractivity contribution in [1.82, 2.24) is 4.98 Å². The van der Waals surface area contributed by atoms with Crippen molar-refractivity contribution < 1.29 is 13.0 Å². The summed E-state index contributed by atoms with van der Waals surface area (Å²) in [5, 5.41) is 0.713. The number of H-pyrrole nitrogens is 1. The molecule has 0 aliphatic rings. The maximum atomic E-state index is 10.6. The molecule has 0 bridgehead atoms. The first-order valence-electron chi connectivity index (χ1n) is 3.87. The molecule has 6 heteroatoms. The van der Waals surface area contributed by atoms with E-state index in [0.717, 1.165) is 5.52 Å². The van der Waals surface area contributed by atoms with E-state index in [1.807, 2.05) is 16.9 Å². The minimum atomic E-state index is -4.21. The fourth-order valence-electron chi connectivity index (χ4n) is 1.29. The zero-order chi connectivity index (χ0) is 10.2. The molecular formula is C8H8N2O3S. The first-order valence-corrected chi connectivity index (χ1v) is 5.31. The third-order valence-corrected chi connectivity index (χ3v) is 2.31. The molecule has 2 rings (SSSR count). The highest BCUT2D eigenvalue weighted by atomic mass is 32.2. The molecule has 0 saturated heterocycles. The number of aromatic amines is 1. The van der Waals surface area contributed by atoms with Crippen molar-refractivity contribution in [3.8, 4) is 0 Å². The van der Waals surface area contributed by atoms with Crippen molar-refractivity contribution in [3.63, 3.8) is 0 Å². The molecule has 1 heterocycles. The van der Waals surface area contributed by atoms with E-state index in [1.54, 1.807) is 12.1 Å². The van der Waals surface area contributed by atoms with Gasteiger partial charge < -0.3 is 4.98 Å². The molecular weight excluding hydrogens is 204 g/mol. The Morgan fingerprint density at radius 1 is 1.29 bits per heavy atom. The Balaban J connectivity index is 2.54. The van der Waals surface area contributed by atoms with Crippen molar-refractivity contribution in [1.29, 1.82) is 0 Å². The van der Waals surface area contributed by atoms with E-state index in [9.17, 15) is 8.42 Å². The fourth-order valence-corrected chi connectivity index (χ4v) is 1.74. The van der Waals surface area contributed by atoms with Gasteiger partial charge in [0.05, 0.1) is 5.69 Å². The molecule has 0 atom stereocenters. The SMILES string of the molecule is O=S(=O)(O)Nc1c[nH]c2ccccc12. The third kappa shape index (κ3) is 1.70. The van der Waals surface area contributed by atoms with Gasteiger partial charge >= 0.3 is 10.3 Å². The second-order valence-electron chi connectivity index (χ2n) is 2.83. The van der Waals surface area contributed by atoms with Crippen LogP contribution in [-0.4, -0.2) is 18.0 Å². The summed E-state index contributed by atoms with van der Waals surface area (Å²) in [6, 6.07) is 7.17. The van der Waals surface area contributed by atoms with Crippen molar-refractivity contribution in [2.24, 2.45) is 0 Å². The molecule has 2 aromatic rings. The molecule has 74 valence electrons. The molecule has 0 aliphatic heterocycles. The number of rotatable bonds is 2. The van der Waals surface area contributed by atoms with Gasteiger partial charge in [-0.25, -0.2) is 0 Å². The van der Waals surface area contributed by atoms with E-state index in [-0.39, 0.29) is 0 Å². The van der Waals surface area contributed by atoms with Crippen LogP contribution in [0.4, 0.5) is 5.69 Å². The standard InChI is InChI=1S/C8H8N2O3S/c11-14(12,13)10-8-5-9-7-4-2-1-3-6(7)8/h1-5,9-10H,(H,11,12,13). The van der Waals surface area contributed by atoms with Crippen molar-refractivity contribution >= 4 is 26.9 Å². The summed E-state index contributed by atoms with van der Waals surface area (Å²) in [6.07, 6.45) is 1.48. The van der Waals surface area contributed by atoms with E-state index < -0.39 is 10.3 Å². The number of para-hydroxylation sites is 1. The number of benzene rings is 1. The van der Waals surface area contributed by atoms with Crippen molar-refractivity contribution in [2.75, 3.05) is 4.72 Å². The highest BCUT2D eigenvalue weighted by molar-refractivity contribution is 7.87. The molecule has 0 fully saturated rings. The van der Waals surface area contributed by atoms with Crippen LogP contribution in [0.2, 0.25) is 0 Å². The van der Waals surface area contributed by atoms with Gasteiger partial charge in [-0.3, -0.25) is 9.27 Å². The largest absolute Gasteiger partial charge is 0.359 e. The van der Waals surface area contributed by atoms with Crippen LogP contribution in [0.1, 0.15) is 0 Å². The zero-order valence-electron chi connectivity index (χ0n) is 7.06. The number of aromatic nitrogens is 1. The lowest BCUT2D eigenvalue weighted by Gasteiger charge is -1.98. The summed E-state index contributed by atoms with van der Waals surface area (Å²) in [6.45, 7) is 0. The van der Waals surface area contributed by atoms with Gasteiger partial charge in [0.25, 0.3) is 0 Å². The molecule has 0 unspecified atom stereocenters. The molecule has 0 spiro atoms. The van der Waals surface area contributed by atoms with Crippen LogP contribution in [0.5, 0.6) is 0 Å². The summed E-state index contributed by atoms with van der Waals surface area (Å²) < 4.78 is 31.7. The summed E-state index contributed by atoms with van der Waals surface area (Å²) in [4.78, 5) is 2.87. The van der Waals surface area contributed by atoms with Gasteiger partial charge in [-0.1, -0.05) is 18.2 Å². The maximum absolute atomic E-state index is 10.6. The Bertz CT molecular complexity index is 559. The number of nitrogens with one attached hydrogen (secondary N) is 2. The van der Waals surface area contributed by atoms with Gasteiger partial charge in [0.2, 0.25) is 0 Å². The predicted molar refractivity (Wildman–Crippen MR) is 53.5 cm³/mol. The fraction of sp³-hybridized carbons (Fsp3) is 0. The number of anilines is 1. The minimum Gasteiger partial charge on any atom is -0.359 e. The molecule has 0 radical (unpaired) electrons. The van der Waals surface area contributed by atoms with E-state index in [0.29, 0.717) is 11.1 Å². The number of fused-ring (bicyclic) bond motifs is 1. The predicted octanol–water partition coefficient (Wildman–Crippen LogP) is 1.38. The Labute approximate surface area is 80.6 Å². The van der Waals surface area contributed by atoms with Gasteiger partial charge in [0, 0.05) is 17.1 Å². The average Bonchev–Trinajstić information content (AvgIpc) is 2.47. The van der Waals surface area contributed by atoms with Crippen LogP contribution in [0, 0.1) is 0 Å². The number of hydrogen-bond acceptors (Lipinski definition) is 2. The first-order chi connectivity index (χ1) is 6.56. The Morgan fingerprint density at radius 3 is 2.71 bits per heavy atom. The van der Waals surface area contributed by atoms with Gasteiger partial charge in [0.15, 0.2) is 0 Å². The normalized spacial score (nSPS) is 11.8. The smallest absolute Gasteiger partial charge is 0.357 e. The van der Waals surface area contributed by atoms with Gasteiger partial charge in [-0.2, -0.15) is 8.42 Å². The average molecular weight is 212 g/mol. The lowest BCUT2D eigenvalue weighted by atomic mass is 10.2. The molecule has 1 aromatic carbocycles. The van der Waals surface area contributed by atoms with E-state index >= 15 is 0 Å². The van der Waals surface area contributed by atoms with Gasteiger partial charge in [-0.15, -0.1) is 0 Å². The highest BCUT2D eigenvalue weighted by Crippen LogP contribution is 2.22. The Morgan fingerprint density at radius 2 is 2.00 bits per heavy atom. The maximum Gasteiger partial charge on any atom is 0.357 e. The summed E-state index contributed by atoms with van der Waals surface area (Å²) in [5.74, 6) is 0. The molecule has 0 aliphatic carbocycles. The molecule has 1 aromatic heterocycles. The Hall–Kier alpha value is -1.53. The molecule has 14 heavy (non-hydrogen) atoms. The molecule has 0 saturated carbocycles. The third-order valence-electron chi connectivity index (χ3n) is 1.83. The second kappa shape index (κ2) is 3.00. The zero-order valence-corrected chi connectivity index (χ0v) is 7.88. The molecule has 5 nitrogen and oxygen atoms in total. The monoisotopic (exact) mass is 212 g/mol. The summed E-state index contributed by atoms with van der Waals surface area (Å²) in [5.41, 5.74) is 1.14. The van der Waals surface area contributed by atoms with Gasteiger partial charge in [-0.05, 0) is 6.07 Å². The van der Waals surface area contributed by atoms with Crippen LogP contribution in [0.3, 0.4) is 0 Å². The summed E-state index contributed by atoms with van der Waals surface area (Å²) >= 11 is 0. The molecule has 0 amide bonds. The van der Waals surface area contributed by atoms with E-state index in [4.69, 9.17) is 4.55 Å². The topological polar surface area (TPSA) is 82.2 Å². The van der Waals surface area contributed by atoms with E-state index in [2.05, 4.69) is 4.98 Å². The van der Waals surface area contributed by atoms with Crippen LogP contribution in [0.15, 0.2) is 30.5 Å². The second-order valence-corrected chi connectivity index (χ2v) is 3.98.